The van der Waals surface area contributed by atoms with Crippen molar-refractivity contribution < 1.29 is 4.79 Å². The van der Waals surface area contributed by atoms with Crippen LogP contribution in [0.25, 0.3) is 0 Å². The number of hydrogen-bond donors (Lipinski definition) is 1. The van der Waals surface area contributed by atoms with E-state index in [-0.39, 0.29) is 24.8 Å². The molecule has 1 fully saturated rings. The summed E-state index contributed by atoms with van der Waals surface area (Å²) < 4.78 is 0. The van der Waals surface area contributed by atoms with E-state index in [0.717, 1.165) is 38.9 Å². The molecule has 1 aromatic rings. The van der Waals surface area contributed by atoms with Gasteiger partial charge in [0.25, 0.3) is 0 Å². The van der Waals surface area contributed by atoms with Gasteiger partial charge in [0.15, 0.2) is 0 Å². The van der Waals surface area contributed by atoms with Crippen LogP contribution in [0.2, 0.25) is 0 Å². The first-order valence-electron chi connectivity index (χ1n) is 7.99. The van der Waals surface area contributed by atoms with Crippen LogP contribution in [-0.4, -0.2) is 42.5 Å². The number of carbonyl (C=O) groups is 1. The van der Waals surface area contributed by atoms with Crippen molar-refractivity contribution in [3.63, 3.8) is 0 Å². The zero-order valence-electron chi connectivity index (χ0n) is 14.2. The third kappa shape index (κ3) is 6.57. The number of halogens is 2. The van der Waals surface area contributed by atoms with Gasteiger partial charge in [0.2, 0.25) is 5.91 Å². The van der Waals surface area contributed by atoms with Crippen molar-refractivity contribution in [2.45, 2.75) is 51.4 Å². The summed E-state index contributed by atoms with van der Waals surface area (Å²) in [4.78, 5) is 19.1. The van der Waals surface area contributed by atoms with E-state index in [1.807, 2.05) is 11.9 Å². The molecule has 1 amide bonds. The zero-order valence-corrected chi connectivity index (χ0v) is 16.7. The lowest BCUT2D eigenvalue weighted by atomic mass is 9.98. The van der Waals surface area contributed by atoms with Gasteiger partial charge in [0, 0.05) is 30.8 Å². The number of rotatable bonds is 6. The zero-order chi connectivity index (χ0) is 15.2. The minimum atomic E-state index is 0. The Kier molecular flexibility index (Phi) is 11.1. The normalized spacial score (nSPS) is 17.6. The second-order valence-corrected chi connectivity index (χ2v) is 7.04. The minimum absolute atomic E-state index is 0. The topological polar surface area (TPSA) is 45.2 Å². The summed E-state index contributed by atoms with van der Waals surface area (Å²) in [5.41, 5.74) is 1.19. The Balaban J connectivity index is 0.00000242. The fraction of sp³-hybridized carbons (Fsp3) is 0.750. The third-order valence-corrected chi connectivity index (χ3v) is 5.10. The summed E-state index contributed by atoms with van der Waals surface area (Å²) >= 11 is 1.76. The third-order valence-electron chi connectivity index (χ3n) is 4.07. The predicted molar refractivity (Wildman–Crippen MR) is 102 cm³/mol. The molecule has 1 atom stereocenters. The molecule has 4 nitrogen and oxygen atoms in total. The molecule has 134 valence electrons. The van der Waals surface area contributed by atoms with Gasteiger partial charge < -0.3 is 10.2 Å². The molecule has 1 saturated heterocycles. The number of nitrogens with zero attached hydrogens (tertiary/aromatic N) is 2. The van der Waals surface area contributed by atoms with Gasteiger partial charge in [-0.25, -0.2) is 4.98 Å². The Labute approximate surface area is 156 Å². The van der Waals surface area contributed by atoms with Crippen LogP contribution in [0.4, 0.5) is 0 Å². The quantitative estimate of drug-likeness (QED) is 0.761. The maximum atomic E-state index is 12.2. The summed E-state index contributed by atoms with van der Waals surface area (Å²) in [5.74, 6) is 1.22. The fourth-order valence-electron chi connectivity index (χ4n) is 2.73. The molecule has 23 heavy (non-hydrogen) atoms. The highest BCUT2D eigenvalue weighted by atomic mass is 35.5. The van der Waals surface area contributed by atoms with Crippen molar-refractivity contribution in [2.24, 2.45) is 0 Å². The standard InChI is InChI=1S/C16H27N3OS.2ClH/c1-12(2)14-11-21-16(18-14)13-6-5-9-19(10-13)15(20)7-4-8-17-3;;/h11-13,17H,4-10H2,1-3H3;2*1H. The molecular weight excluding hydrogens is 353 g/mol. The average molecular weight is 382 g/mol. The SMILES string of the molecule is CNCCCC(=O)N1CCCC(c2nc(C(C)C)cs2)C1.Cl.Cl. The molecule has 0 bridgehead atoms. The number of aromatic nitrogens is 1. The van der Waals surface area contributed by atoms with E-state index in [9.17, 15) is 4.79 Å². The second kappa shape index (κ2) is 11.2. The number of hydrogen-bond acceptors (Lipinski definition) is 4. The molecule has 2 heterocycles. The highest BCUT2D eigenvalue weighted by molar-refractivity contribution is 7.09. The summed E-state index contributed by atoms with van der Waals surface area (Å²) in [7, 11) is 1.93. The summed E-state index contributed by atoms with van der Waals surface area (Å²) in [6.07, 6.45) is 3.83. The first-order valence-corrected chi connectivity index (χ1v) is 8.87. The van der Waals surface area contributed by atoms with Crippen molar-refractivity contribution in [1.29, 1.82) is 0 Å². The van der Waals surface area contributed by atoms with Gasteiger partial charge in [-0.3, -0.25) is 4.79 Å². The monoisotopic (exact) mass is 381 g/mol. The fourth-order valence-corrected chi connectivity index (χ4v) is 3.84. The maximum Gasteiger partial charge on any atom is 0.222 e. The molecule has 0 aliphatic carbocycles. The van der Waals surface area contributed by atoms with E-state index in [1.54, 1.807) is 11.3 Å². The number of thiazole rings is 1. The minimum Gasteiger partial charge on any atom is -0.342 e. The molecule has 0 aromatic carbocycles. The first-order chi connectivity index (χ1) is 10.1. The lowest BCUT2D eigenvalue weighted by molar-refractivity contribution is -0.132. The van der Waals surface area contributed by atoms with Crippen molar-refractivity contribution in [3.05, 3.63) is 16.1 Å². The molecule has 7 heteroatoms. The van der Waals surface area contributed by atoms with E-state index in [4.69, 9.17) is 4.98 Å². The maximum absolute atomic E-state index is 12.2. The second-order valence-electron chi connectivity index (χ2n) is 6.15. The Morgan fingerprint density at radius 1 is 1.48 bits per heavy atom. The number of likely N-dealkylation sites (tertiary alicyclic amines) is 1. The molecule has 1 unspecified atom stereocenters. The molecule has 1 N–H and O–H groups in total. The number of amides is 1. The molecule has 1 aromatic heterocycles. The Morgan fingerprint density at radius 3 is 2.83 bits per heavy atom. The van der Waals surface area contributed by atoms with Crippen LogP contribution in [0.5, 0.6) is 0 Å². The number of carbonyl (C=O) groups excluding carboxylic acids is 1. The van der Waals surface area contributed by atoms with E-state index in [1.165, 1.54) is 10.7 Å². The van der Waals surface area contributed by atoms with Crippen molar-refractivity contribution in [1.82, 2.24) is 15.2 Å². The summed E-state index contributed by atoms with van der Waals surface area (Å²) in [5, 5.41) is 6.48. The van der Waals surface area contributed by atoms with Crippen LogP contribution in [-0.2, 0) is 4.79 Å². The van der Waals surface area contributed by atoms with Crippen LogP contribution >= 0.6 is 36.2 Å². The van der Waals surface area contributed by atoms with Crippen LogP contribution in [0.15, 0.2) is 5.38 Å². The number of nitrogens with one attached hydrogen (secondary N) is 1. The Bertz CT molecular complexity index is 468. The first kappa shape index (κ1) is 22.6. The smallest absolute Gasteiger partial charge is 0.222 e. The van der Waals surface area contributed by atoms with Gasteiger partial charge in [-0.15, -0.1) is 36.2 Å². The Hall–Kier alpha value is -0.360. The lowest BCUT2D eigenvalue weighted by Crippen LogP contribution is -2.39. The number of piperidine rings is 1. The molecule has 0 saturated carbocycles. The van der Waals surface area contributed by atoms with E-state index in [0.29, 0.717) is 24.2 Å². The van der Waals surface area contributed by atoms with Gasteiger partial charge in [-0.05, 0) is 38.8 Å². The average Bonchev–Trinajstić information content (AvgIpc) is 2.97. The van der Waals surface area contributed by atoms with Crippen LogP contribution in [0.1, 0.15) is 62.1 Å². The molecule has 1 aliphatic heterocycles. The Morgan fingerprint density at radius 2 is 2.22 bits per heavy atom. The van der Waals surface area contributed by atoms with Gasteiger partial charge in [-0.1, -0.05) is 13.8 Å². The van der Waals surface area contributed by atoms with Gasteiger partial charge in [0.05, 0.1) is 10.7 Å². The molecule has 2 rings (SSSR count). The highest BCUT2D eigenvalue weighted by Gasteiger charge is 2.26. The largest absolute Gasteiger partial charge is 0.342 e. The lowest BCUT2D eigenvalue weighted by Gasteiger charge is -2.32. The van der Waals surface area contributed by atoms with E-state index >= 15 is 0 Å². The van der Waals surface area contributed by atoms with Crippen molar-refractivity contribution in [2.75, 3.05) is 26.7 Å². The van der Waals surface area contributed by atoms with Crippen LogP contribution in [0, 0.1) is 0 Å². The van der Waals surface area contributed by atoms with E-state index in [2.05, 4.69) is 24.5 Å². The summed E-state index contributed by atoms with van der Waals surface area (Å²) in [6, 6.07) is 0. The van der Waals surface area contributed by atoms with Gasteiger partial charge >= 0.3 is 0 Å². The van der Waals surface area contributed by atoms with Crippen molar-refractivity contribution in [3.8, 4) is 0 Å². The molecule has 1 aliphatic rings. The highest BCUT2D eigenvalue weighted by Crippen LogP contribution is 2.31. The summed E-state index contributed by atoms with van der Waals surface area (Å²) in [6.45, 7) is 7.03. The van der Waals surface area contributed by atoms with E-state index < -0.39 is 0 Å². The van der Waals surface area contributed by atoms with Crippen LogP contribution in [0.3, 0.4) is 0 Å². The van der Waals surface area contributed by atoms with Gasteiger partial charge in [0.1, 0.15) is 0 Å². The molecule has 0 spiro atoms. The van der Waals surface area contributed by atoms with Gasteiger partial charge in [-0.2, -0.15) is 0 Å². The molecular formula is C16H29Cl2N3OS. The van der Waals surface area contributed by atoms with Crippen molar-refractivity contribution >= 4 is 42.1 Å². The molecule has 0 radical (unpaired) electrons. The predicted octanol–water partition coefficient (Wildman–Crippen LogP) is 3.82. The van der Waals surface area contributed by atoms with Crippen LogP contribution < -0.4 is 5.32 Å².